The van der Waals surface area contributed by atoms with E-state index in [1.165, 1.54) is 11.8 Å². The van der Waals surface area contributed by atoms with Crippen LogP contribution in [0.1, 0.15) is 12.5 Å². The summed E-state index contributed by atoms with van der Waals surface area (Å²) in [4.78, 5) is 15.8. The van der Waals surface area contributed by atoms with E-state index < -0.39 is 0 Å². The van der Waals surface area contributed by atoms with Gasteiger partial charge in [-0.2, -0.15) is 5.26 Å². The van der Waals surface area contributed by atoms with Crippen LogP contribution in [0.5, 0.6) is 0 Å². The number of nitrogens with one attached hydrogen (secondary N) is 1. The number of hydrogen-bond donors (Lipinski definition) is 1. The summed E-state index contributed by atoms with van der Waals surface area (Å²) in [5, 5.41) is 11.3. The first kappa shape index (κ1) is 15.6. The van der Waals surface area contributed by atoms with Crippen molar-refractivity contribution < 1.29 is 4.79 Å². The van der Waals surface area contributed by atoms with Crippen molar-refractivity contribution in [3.63, 3.8) is 0 Å². The minimum Gasteiger partial charge on any atom is -0.300 e. The Morgan fingerprint density at radius 2 is 2.06 bits per heavy atom. The van der Waals surface area contributed by atoms with E-state index >= 15 is 0 Å². The second kappa shape index (κ2) is 7.24. The fraction of sp³-hybridized carbons (Fsp3) is 0.0833. The Balaban J connectivity index is 0.00000162. The van der Waals surface area contributed by atoms with E-state index in [2.05, 4.69) is 10.3 Å². The maximum atomic E-state index is 11.7. The molecule has 0 atom stereocenters. The van der Waals surface area contributed by atoms with Crippen molar-refractivity contribution in [3.05, 3.63) is 40.8 Å². The molecule has 1 fully saturated rings. The van der Waals surface area contributed by atoms with Crippen molar-refractivity contribution in [2.24, 2.45) is 4.99 Å². The van der Waals surface area contributed by atoms with Gasteiger partial charge in [0.25, 0.3) is 5.91 Å². The van der Waals surface area contributed by atoms with E-state index in [-0.39, 0.29) is 57.3 Å². The summed E-state index contributed by atoms with van der Waals surface area (Å²) < 4.78 is 0. The van der Waals surface area contributed by atoms with Crippen LogP contribution >= 0.6 is 11.8 Å². The van der Waals surface area contributed by atoms with Gasteiger partial charge in [0.15, 0.2) is 5.17 Å². The van der Waals surface area contributed by atoms with Crippen molar-refractivity contribution in [2.45, 2.75) is 6.92 Å². The van der Waals surface area contributed by atoms with Gasteiger partial charge >= 0.3 is 0 Å². The Bertz CT molecular complexity index is 560. The average molecular weight is 282 g/mol. The van der Waals surface area contributed by atoms with Crippen LogP contribution in [-0.4, -0.2) is 62.5 Å². The molecule has 1 aromatic rings. The van der Waals surface area contributed by atoms with Crippen LogP contribution in [0.15, 0.2) is 40.2 Å². The quantitative estimate of drug-likeness (QED) is 0.485. The molecule has 0 bridgehead atoms. The number of aliphatic imine (C=N–C) groups is 1. The van der Waals surface area contributed by atoms with Gasteiger partial charge in [0, 0.05) is 51.4 Å². The van der Waals surface area contributed by atoms with Crippen LogP contribution in [0.3, 0.4) is 0 Å². The molecule has 1 amide bonds. The van der Waals surface area contributed by atoms with Gasteiger partial charge in [-0.3, -0.25) is 10.1 Å². The number of benzene rings is 1. The third-order valence-electron chi connectivity index (χ3n) is 2.32. The van der Waals surface area contributed by atoms with Crippen molar-refractivity contribution in [1.82, 2.24) is 5.32 Å². The van der Waals surface area contributed by atoms with Gasteiger partial charge in [-0.05, 0) is 29.8 Å². The molecule has 2 rings (SSSR count). The van der Waals surface area contributed by atoms with Crippen molar-refractivity contribution in [3.8, 4) is 6.19 Å². The molecule has 0 unspecified atom stereocenters. The van der Waals surface area contributed by atoms with Crippen LogP contribution in [0.25, 0.3) is 5.57 Å². The number of amides is 1. The number of nitriles is 1. The number of carbonyl (C=O) groups is 1. The summed E-state index contributed by atoms with van der Waals surface area (Å²) >= 11 is 1.19. The van der Waals surface area contributed by atoms with Gasteiger partial charge in [-0.25, -0.2) is 0 Å². The maximum Gasteiger partial charge on any atom is 0.264 e. The molecule has 1 saturated heterocycles. The number of nitrogens with zero attached hydrogens (tertiary/aromatic N) is 2. The first-order valence-electron chi connectivity index (χ1n) is 4.94. The molecule has 1 radical (unpaired) electrons. The van der Waals surface area contributed by atoms with Crippen LogP contribution in [-0.2, 0) is 4.79 Å². The molecular weight excluding hydrogens is 273 g/mol. The molecule has 1 aliphatic rings. The third kappa shape index (κ3) is 3.54. The predicted molar refractivity (Wildman–Crippen MR) is 73.6 cm³/mol. The molecule has 6 heteroatoms. The Labute approximate surface area is 152 Å². The summed E-state index contributed by atoms with van der Waals surface area (Å²) in [6, 6.07) is 9.64. The number of hydrogen-bond acceptors (Lipinski definition) is 4. The van der Waals surface area contributed by atoms with Crippen LogP contribution in [0.2, 0.25) is 0 Å². The van der Waals surface area contributed by atoms with Crippen molar-refractivity contribution in [2.75, 3.05) is 0 Å². The Kier molecular flexibility index (Phi) is 6.28. The summed E-state index contributed by atoms with van der Waals surface area (Å²) in [6.45, 7) is 1.88. The van der Waals surface area contributed by atoms with E-state index in [4.69, 9.17) is 5.26 Å². The second-order valence-electron chi connectivity index (χ2n) is 3.39. The molecule has 0 aliphatic carbocycles. The number of thioether (sulfide) groups is 1. The molecule has 0 aromatic heterocycles. The van der Waals surface area contributed by atoms with E-state index in [0.717, 1.165) is 11.1 Å². The fourth-order valence-corrected chi connectivity index (χ4v) is 2.32. The molecular formula is C12H9KN3OS. The number of allylic oxidation sites excluding steroid dienone is 1. The zero-order chi connectivity index (χ0) is 12.3. The zero-order valence-corrected chi connectivity index (χ0v) is 14.0. The van der Waals surface area contributed by atoms with Crippen molar-refractivity contribution >= 4 is 79.8 Å². The molecule has 4 nitrogen and oxygen atoms in total. The monoisotopic (exact) mass is 282 g/mol. The zero-order valence-electron chi connectivity index (χ0n) is 10.1. The summed E-state index contributed by atoms with van der Waals surface area (Å²) in [6.07, 6.45) is 1.66. The van der Waals surface area contributed by atoms with Gasteiger partial charge in [-0.15, -0.1) is 4.99 Å². The van der Waals surface area contributed by atoms with Crippen LogP contribution in [0, 0.1) is 11.5 Å². The van der Waals surface area contributed by atoms with E-state index in [1.54, 1.807) is 6.19 Å². The SMILES string of the molecule is CC(=C1SC(=NC#N)NC1=O)c1ccccc1.[K]. The van der Waals surface area contributed by atoms with E-state index in [1.807, 2.05) is 37.3 Å². The molecule has 85 valence electrons. The largest absolute Gasteiger partial charge is 0.300 e. The average Bonchev–Trinajstić information content (AvgIpc) is 2.71. The van der Waals surface area contributed by atoms with Gasteiger partial charge in [-0.1, -0.05) is 30.3 Å². The maximum absolute atomic E-state index is 11.7. The van der Waals surface area contributed by atoms with Gasteiger partial charge in [0.2, 0.25) is 6.19 Å². The molecule has 18 heavy (non-hydrogen) atoms. The molecule has 0 saturated carbocycles. The minimum absolute atomic E-state index is 0. The third-order valence-corrected chi connectivity index (χ3v) is 3.41. The summed E-state index contributed by atoms with van der Waals surface area (Å²) in [5.41, 5.74) is 1.87. The van der Waals surface area contributed by atoms with Crippen LogP contribution in [0.4, 0.5) is 0 Å². The summed E-state index contributed by atoms with van der Waals surface area (Å²) in [7, 11) is 0. The van der Waals surface area contributed by atoms with Gasteiger partial charge < -0.3 is 0 Å². The first-order chi connectivity index (χ1) is 8.22. The van der Waals surface area contributed by atoms with Crippen LogP contribution < -0.4 is 5.32 Å². The van der Waals surface area contributed by atoms with Gasteiger partial charge in [0.05, 0.1) is 4.91 Å². The number of amidine groups is 1. The smallest absolute Gasteiger partial charge is 0.264 e. The molecule has 1 heterocycles. The molecule has 1 N–H and O–H groups in total. The molecule has 1 aliphatic heterocycles. The van der Waals surface area contributed by atoms with Crippen molar-refractivity contribution in [1.29, 1.82) is 5.26 Å². The first-order valence-corrected chi connectivity index (χ1v) is 5.76. The topological polar surface area (TPSA) is 65.2 Å². The Morgan fingerprint density at radius 3 is 2.67 bits per heavy atom. The Hall–Kier alpha value is -0.424. The number of carbonyl (C=O) groups excluding carboxylic acids is 1. The molecule has 1 aromatic carbocycles. The standard InChI is InChI=1S/C12H9N3OS.K/c1-8(9-5-3-2-4-6-9)10-11(16)15-12(17-10)14-7-13;/h2-6H,1H3,(H,14,15,16);. The fourth-order valence-electron chi connectivity index (χ4n) is 1.48. The Morgan fingerprint density at radius 1 is 1.39 bits per heavy atom. The van der Waals surface area contributed by atoms with E-state index in [9.17, 15) is 4.79 Å². The van der Waals surface area contributed by atoms with Gasteiger partial charge in [0.1, 0.15) is 0 Å². The number of rotatable bonds is 1. The molecule has 0 spiro atoms. The normalized spacial score (nSPS) is 18.9. The predicted octanol–water partition coefficient (Wildman–Crippen LogP) is 1.74. The second-order valence-corrected chi connectivity index (χ2v) is 4.39. The minimum atomic E-state index is -0.203. The van der Waals surface area contributed by atoms with E-state index in [0.29, 0.717) is 10.1 Å². The summed E-state index contributed by atoms with van der Waals surface area (Å²) in [5.74, 6) is -0.203.